The zero-order valence-electron chi connectivity index (χ0n) is 10.8. The predicted octanol–water partition coefficient (Wildman–Crippen LogP) is 1.28. The van der Waals surface area contributed by atoms with Crippen LogP contribution in [-0.4, -0.2) is 42.5 Å². The Balaban J connectivity index is 1.74. The van der Waals surface area contributed by atoms with E-state index in [1.54, 1.807) is 7.11 Å². The van der Waals surface area contributed by atoms with Gasteiger partial charge in [0.15, 0.2) is 0 Å². The number of hydrogen-bond acceptors (Lipinski definition) is 4. The topological polar surface area (TPSA) is 48.3 Å². The molecule has 2 fully saturated rings. The fourth-order valence-electron chi connectivity index (χ4n) is 3.01. The van der Waals surface area contributed by atoms with E-state index in [2.05, 4.69) is 14.9 Å². The van der Waals surface area contributed by atoms with Gasteiger partial charge < -0.3 is 19.4 Å². The lowest BCUT2D eigenvalue weighted by molar-refractivity contribution is 0.0217. The second-order valence-electron chi connectivity index (χ2n) is 5.11. The largest absolute Gasteiger partial charge is 0.381 e. The van der Waals surface area contributed by atoms with Crippen molar-refractivity contribution in [1.82, 2.24) is 14.9 Å². The molecule has 1 aromatic rings. The number of aromatic nitrogens is 2. The highest BCUT2D eigenvalue weighted by atomic mass is 16.5. The lowest BCUT2D eigenvalue weighted by Crippen LogP contribution is -2.34. The molecule has 1 aromatic heterocycles. The second-order valence-corrected chi connectivity index (χ2v) is 5.11. The third-order valence-corrected chi connectivity index (χ3v) is 4.04. The average molecular weight is 251 g/mol. The van der Waals surface area contributed by atoms with Gasteiger partial charge in [-0.15, -0.1) is 0 Å². The van der Waals surface area contributed by atoms with Gasteiger partial charge in [-0.1, -0.05) is 0 Å². The summed E-state index contributed by atoms with van der Waals surface area (Å²) in [5.41, 5.74) is 1.20. The van der Waals surface area contributed by atoms with Gasteiger partial charge in [-0.25, -0.2) is 4.98 Å². The van der Waals surface area contributed by atoms with E-state index in [4.69, 9.17) is 9.47 Å². The molecule has 0 amide bonds. The van der Waals surface area contributed by atoms with Crippen molar-refractivity contribution < 1.29 is 9.47 Å². The third-order valence-electron chi connectivity index (χ3n) is 4.04. The molecule has 5 nitrogen and oxygen atoms in total. The first-order chi connectivity index (χ1) is 8.88. The summed E-state index contributed by atoms with van der Waals surface area (Å²) in [6.45, 7) is 2.60. The summed E-state index contributed by atoms with van der Waals surface area (Å²) >= 11 is 0. The van der Waals surface area contributed by atoms with Crippen LogP contribution in [0.2, 0.25) is 0 Å². The number of ether oxygens (including phenoxy) is 2. The number of imidazole rings is 1. The summed E-state index contributed by atoms with van der Waals surface area (Å²) in [7, 11) is 1.80. The van der Waals surface area contributed by atoms with E-state index in [0.29, 0.717) is 12.1 Å². The van der Waals surface area contributed by atoms with E-state index >= 15 is 0 Å². The number of rotatable bonds is 3. The van der Waals surface area contributed by atoms with E-state index in [9.17, 15) is 0 Å². The number of methoxy groups -OCH3 is 1. The third kappa shape index (κ3) is 2.30. The molecular formula is C13H21N3O2. The fourth-order valence-corrected chi connectivity index (χ4v) is 3.01. The van der Waals surface area contributed by atoms with Crippen LogP contribution in [0.25, 0.3) is 0 Å². The molecule has 1 N–H and O–H groups in total. The Kier molecular flexibility index (Phi) is 3.63. The van der Waals surface area contributed by atoms with Crippen LogP contribution in [0, 0.1) is 0 Å². The van der Waals surface area contributed by atoms with E-state index in [1.165, 1.54) is 12.1 Å². The fraction of sp³-hybridized carbons (Fsp3) is 0.769. The second kappa shape index (κ2) is 5.38. The van der Waals surface area contributed by atoms with Gasteiger partial charge in [0.25, 0.3) is 0 Å². The number of nitrogens with one attached hydrogen (secondary N) is 1. The number of morpholine rings is 1. The Morgan fingerprint density at radius 1 is 1.50 bits per heavy atom. The van der Waals surface area contributed by atoms with Crippen molar-refractivity contribution in [2.45, 2.75) is 37.5 Å². The molecule has 3 unspecified atom stereocenters. The molecule has 5 heteroatoms. The maximum absolute atomic E-state index is 5.82. The van der Waals surface area contributed by atoms with Crippen molar-refractivity contribution in [1.29, 1.82) is 0 Å². The molecule has 1 aliphatic carbocycles. The Morgan fingerprint density at radius 3 is 3.17 bits per heavy atom. The van der Waals surface area contributed by atoms with Crippen molar-refractivity contribution in [3.8, 4) is 0 Å². The highest BCUT2D eigenvalue weighted by molar-refractivity contribution is 5.07. The van der Waals surface area contributed by atoms with Gasteiger partial charge in [-0.2, -0.15) is 0 Å². The molecule has 0 spiro atoms. The van der Waals surface area contributed by atoms with Gasteiger partial charge in [0, 0.05) is 26.2 Å². The van der Waals surface area contributed by atoms with Crippen LogP contribution in [-0.2, 0) is 9.47 Å². The van der Waals surface area contributed by atoms with Crippen molar-refractivity contribution >= 4 is 0 Å². The first-order valence-corrected chi connectivity index (χ1v) is 6.75. The molecule has 0 aromatic carbocycles. The maximum Gasteiger partial charge on any atom is 0.111 e. The van der Waals surface area contributed by atoms with E-state index in [-0.39, 0.29) is 6.10 Å². The monoisotopic (exact) mass is 251 g/mol. The van der Waals surface area contributed by atoms with E-state index < -0.39 is 0 Å². The molecule has 2 aliphatic rings. The molecule has 100 valence electrons. The van der Waals surface area contributed by atoms with Crippen molar-refractivity contribution in [2.75, 3.05) is 26.8 Å². The molecule has 0 bridgehead atoms. The molecule has 0 radical (unpaired) electrons. The number of hydrogen-bond donors (Lipinski definition) is 1. The van der Waals surface area contributed by atoms with Gasteiger partial charge in [-0.3, -0.25) is 0 Å². The van der Waals surface area contributed by atoms with Gasteiger partial charge in [0.2, 0.25) is 0 Å². The van der Waals surface area contributed by atoms with Crippen LogP contribution in [0.1, 0.15) is 37.1 Å². The smallest absolute Gasteiger partial charge is 0.111 e. The SMILES string of the molecule is COC1CCC(n2cncc2C2CNCCO2)C1. The average Bonchev–Trinajstić information content (AvgIpc) is 3.08. The summed E-state index contributed by atoms with van der Waals surface area (Å²) < 4.78 is 13.6. The first-order valence-electron chi connectivity index (χ1n) is 6.75. The minimum Gasteiger partial charge on any atom is -0.381 e. The summed E-state index contributed by atoms with van der Waals surface area (Å²) in [6, 6.07) is 0.512. The molecule has 1 saturated heterocycles. The lowest BCUT2D eigenvalue weighted by atomic mass is 10.2. The summed E-state index contributed by atoms with van der Waals surface area (Å²) in [5, 5.41) is 3.37. The van der Waals surface area contributed by atoms with Crippen LogP contribution >= 0.6 is 0 Å². The van der Waals surface area contributed by atoms with Crippen molar-refractivity contribution in [2.24, 2.45) is 0 Å². The number of nitrogens with zero attached hydrogens (tertiary/aromatic N) is 2. The van der Waals surface area contributed by atoms with Gasteiger partial charge in [0.1, 0.15) is 6.10 Å². The minimum absolute atomic E-state index is 0.142. The highest BCUT2D eigenvalue weighted by Crippen LogP contribution is 2.34. The van der Waals surface area contributed by atoms with Crippen LogP contribution in [0.5, 0.6) is 0 Å². The van der Waals surface area contributed by atoms with Crippen LogP contribution in [0.4, 0.5) is 0 Å². The quantitative estimate of drug-likeness (QED) is 0.879. The maximum atomic E-state index is 5.82. The van der Waals surface area contributed by atoms with Crippen LogP contribution in [0.3, 0.4) is 0 Å². The predicted molar refractivity (Wildman–Crippen MR) is 67.5 cm³/mol. The zero-order valence-corrected chi connectivity index (χ0v) is 10.8. The van der Waals surface area contributed by atoms with Crippen molar-refractivity contribution in [3.05, 3.63) is 18.2 Å². The van der Waals surface area contributed by atoms with Crippen LogP contribution in [0.15, 0.2) is 12.5 Å². The minimum atomic E-state index is 0.142. The highest BCUT2D eigenvalue weighted by Gasteiger charge is 2.29. The molecule has 1 aliphatic heterocycles. The molecule has 3 atom stereocenters. The van der Waals surface area contributed by atoms with Gasteiger partial charge in [0.05, 0.1) is 30.9 Å². The lowest BCUT2D eigenvalue weighted by Gasteiger charge is -2.26. The summed E-state index contributed by atoms with van der Waals surface area (Å²) in [5.74, 6) is 0. The van der Waals surface area contributed by atoms with Crippen LogP contribution < -0.4 is 5.32 Å². The first kappa shape index (κ1) is 12.1. The molecule has 1 saturated carbocycles. The molecule has 3 rings (SSSR count). The Labute approximate surface area is 107 Å². The van der Waals surface area contributed by atoms with Crippen molar-refractivity contribution in [3.63, 3.8) is 0 Å². The Hall–Kier alpha value is -0.910. The van der Waals surface area contributed by atoms with E-state index in [0.717, 1.165) is 32.5 Å². The Morgan fingerprint density at radius 2 is 2.44 bits per heavy atom. The molecule has 2 heterocycles. The van der Waals surface area contributed by atoms with Gasteiger partial charge in [-0.05, 0) is 19.3 Å². The Bertz CT molecular complexity index is 387. The summed E-state index contributed by atoms with van der Waals surface area (Å²) in [6.07, 6.45) is 7.82. The molecule has 18 heavy (non-hydrogen) atoms. The van der Waals surface area contributed by atoms with Gasteiger partial charge >= 0.3 is 0 Å². The summed E-state index contributed by atoms with van der Waals surface area (Å²) in [4.78, 5) is 4.31. The normalized spacial score (nSPS) is 32.8. The zero-order chi connectivity index (χ0) is 12.4. The van der Waals surface area contributed by atoms with E-state index in [1.807, 2.05) is 12.5 Å². The molecular weight excluding hydrogens is 230 g/mol. The standard InChI is InChI=1S/C13H21N3O2/c1-17-11-3-2-10(6-11)16-9-15-7-12(16)13-8-14-4-5-18-13/h7,9-11,13-14H,2-6,8H2,1H3.